The maximum Gasteiger partial charge on any atom is 0.336 e. The number of carbonyl (C=O) groups excluding carboxylic acids is 3. The average Bonchev–Trinajstić information content (AvgIpc) is 2.82. The fourth-order valence-corrected chi connectivity index (χ4v) is 4.77. The van der Waals surface area contributed by atoms with Gasteiger partial charge in [-0.2, -0.15) is 0 Å². The number of benzene rings is 1. The van der Waals surface area contributed by atoms with Gasteiger partial charge in [0.1, 0.15) is 12.5 Å². The smallest absolute Gasteiger partial charge is 0.336 e. The molecule has 0 saturated heterocycles. The van der Waals surface area contributed by atoms with E-state index in [1.165, 1.54) is 7.11 Å². The lowest BCUT2D eigenvalue weighted by molar-refractivity contribution is -0.151. The van der Waals surface area contributed by atoms with Crippen molar-refractivity contribution in [3.8, 4) is 0 Å². The Morgan fingerprint density at radius 1 is 1.11 bits per heavy atom. The Bertz CT molecular complexity index is 1020. The van der Waals surface area contributed by atoms with Crippen molar-refractivity contribution in [3.05, 3.63) is 52.4 Å². The van der Waals surface area contributed by atoms with Gasteiger partial charge in [0.05, 0.1) is 19.3 Å². The lowest BCUT2D eigenvalue weighted by atomic mass is 9.69. The van der Waals surface area contributed by atoms with Crippen LogP contribution in [-0.2, 0) is 28.6 Å². The van der Waals surface area contributed by atoms with E-state index >= 15 is 0 Å². The molecule has 3 atom stereocenters. The molecule has 2 aliphatic rings. The second-order valence-corrected chi connectivity index (χ2v) is 9.27. The number of nitrogens with one attached hydrogen (secondary N) is 1. The Morgan fingerprint density at radius 3 is 2.40 bits per heavy atom. The summed E-state index contributed by atoms with van der Waals surface area (Å²) in [5.74, 6) is -3.18. The number of allylic oxidation sites excluding steroid dienone is 3. The summed E-state index contributed by atoms with van der Waals surface area (Å²) in [4.78, 5) is 41.5. The van der Waals surface area contributed by atoms with E-state index in [1.807, 2.05) is 64.0 Å². The molecular formula is C27H36N2O6. The molecule has 35 heavy (non-hydrogen) atoms. The van der Waals surface area contributed by atoms with Gasteiger partial charge in [0.25, 0.3) is 0 Å². The van der Waals surface area contributed by atoms with E-state index in [9.17, 15) is 14.4 Å². The number of anilines is 1. The SMILES string of the molecule is CCCOCCOC(=O)C1=C(C)NC2=C(C(=O)[C@H](C(=O)OC)[C@H](C)C2)[C@H]1c1ccc(N(C)C)cc1. The molecule has 8 heteroatoms. The van der Waals surface area contributed by atoms with E-state index in [1.54, 1.807) is 0 Å². The molecule has 1 aromatic carbocycles. The van der Waals surface area contributed by atoms with Gasteiger partial charge < -0.3 is 24.4 Å². The zero-order chi connectivity index (χ0) is 25.7. The van der Waals surface area contributed by atoms with Gasteiger partial charge in [-0.15, -0.1) is 0 Å². The molecule has 0 saturated carbocycles. The number of hydrogen-bond acceptors (Lipinski definition) is 8. The van der Waals surface area contributed by atoms with Gasteiger partial charge >= 0.3 is 11.9 Å². The number of rotatable bonds is 9. The van der Waals surface area contributed by atoms with Crippen molar-refractivity contribution in [1.82, 2.24) is 5.32 Å². The normalized spacial score (nSPS) is 21.9. The van der Waals surface area contributed by atoms with Crippen molar-refractivity contribution in [2.75, 3.05) is 45.9 Å². The molecule has 1 aliphatic carbocycles. The molecule has 190 valence electrons. The van der Waals surface area contributed by atoms with Crippen molar-refractivity contribution in [3.63, 3.8) is 0 Å². The van der Waals surface area contributed by atoms with Crippen LogP contribution < -0.4 is 10.2 Å². The van der Waals surface area contributed by atoms with Crippen LogP contribution in [0.1, 0.15) is 45.1 Å². The molecule has 1 N–H and O–H groups in total. The number of ether oxygens (including phenoxy) is 3. The van der Waals surface area contributed by atoms with Crippen molar-refractivity contribution >= 4 is 23.4 Å². The van der Waals surface area contributed by atoms with Crippen LogP contribution in [0.4, 0.5) is 5.69 Å². The minimum absolute atomic E-state index is 0.115. The van der Waals surface area contributed by atoms with Gasteiger partial charge in [-0.1, -0.05) is 26.0 Å². The second-order valence-electron chi connectivity index (χ2n) is 9.27. The minimum atomic E-state index is -0.915. The largest absolute Gasteiger partial charge is 0.468 e. The number of carbonyl (C=O) groups is 3. The average molecular weight is 485 g/mol. The Morgan fingerprint density at radius 2 is 1.80 bits per heavy atom. The second kappa shape index (κ2) is 11.5. The summed E-state index contributed by atoms with van der Waals surface area (Å²) >= 11 is 0. The summed E-state index contributed by atoms with van der Waals surface area (Å²) in [7, 11) is 5.18. The highest BCUT2D eigenvalue weighted by Crippen LogP contribution is 2.45. The molecule has 0 amide bonds. The Labute approximate surface area is 207 Å². The van der Waals surface area contributed by atoms with Gasteiger partial charge in [-0.3, -0.25) is 9.59 Å². The number of ketones is 1. The van der Waals surface area contributed by atoms with E-state index in [0.717, 1.165) is 23.4 Å². The summed E-state index contributed by atoms with van der Waals surface area (Å²) in [5, 5.41) is 3.27. The zero-order valence-electron chi connectivity index (χ0n) is 21.5. The molecule has 1 aromatic rings. The number of methoxy groups -OCH3 is 1. The van der Waals surface area contributed by atoms with E-state index in [0.29, 0.717) is 36.5 Å². The number of Topliss-reactive ketones (excluding diaryl/α,β-unsaturated/α-hetero) is 1. The van der Waals surface area contributed by atoms with Crippen LogP contribution in [0.2, 0.25) is 0 Å². The molecule has 0 bridgehead atoms. The molecule has 0 unspecified atom stereocenters. The number of esters is 2. The number of hydrogen-bond donors (Lipinski definition) is 1. The summed E-state index contributed by atoms with van der Waals surface area (Å²) in [6, 6.07) is 7.73. The summed E-state index contributed by atoms with van der Waals surface area (Å²) in [6.45, 7) is 6.70. The van der Waals surface area contributed by atoms with Gasteiger partial charge in [-0.25, -0.2) is 4.79 Å². The van der Waals surface area contributed by atoms with Crippen LogP contribution in [0, 0.1) is 11.8 Å². The van der Waals surface area contributed by atoms with E-state index < -0.39 is 23.8 Å². The topological polar surface area (TPSA) is 94.2 Å². The van der Waals surface area contributed by atoms with E-state index in [4.69, 9.17) is 14.2 Å². The van der Waals surface area contributed by atoms with Crippen LogP contribution in [-0.4, -0.2) is 58.7 Å². The summed E-state index contributed by atoms with van der Waals surface area (Å²) in [5.41, 5.74) is 3.95. The third-order valence-corrected chi connectivity index (χ3v) is 6.52. The number of dihydropyridines is 1. The number of nitrogens with zero attached hydrogens (tertiary/aromatic N) is 1. The van der Waals surface area contributed by atoms with Crippen LogP contribution in [0.5, 0.6) is 0 Å². The highest BCUT2D eigenvalue weighted by Gasteiger charge is 2.47. The van der Waals surface area contributed by atoms with Crippen LogP contribution >= 0.6 is 0 Å². The third kappa shape index (κ3) is 5.59. The van der Waals surface area contributed by atoms with Gasteiger partial charge in [0.15, 0.2) is 5.78 Å². The monoisotopic (exact) mass is 484 g/mol. The first kappa shape index (κ1) is 26.5. The quantitative estimate of drug-likeness (QED) is 0.324. The predicted molar refractivity (Wildman–Crippen MR) is 133 cm³/mol. The first-order valence-corrected chi connectivity index (χ1v) is 12.1. The maximum atomic E-state index is 13.7. The van der Waals surface area contributed by atoms with Crippen LogP contribution in [0.3, 0.4) is 0 Å². The Hall–Kier alpha value is -3.13. The molecule has 0 aromatic heterocycles. The third-order valence-electron chi connectivity index (χ3n) is 6.52. The molecule has 0 spiro atoms. The van der Waals surface area contributed by atoms with Crippen molar-refractivity contribution in [2.45, 2.75) is 39.5 Å². The Kier molecular flexibility index (Phi) is 8.72. The molecule has 0 radical (unpaired) electrons. The summed E-state index contributed by atoms with van der Waals surface area (Å²) < 4.78 is 15.9. The molecule has 1 heterocycles. The van der Waals surface area contributed by atoms with Crippen LogP contribution in [0.15, 0.2) is 46.8 Å². The van der Waals surface area contributed by atoms with E-state index in [-0.39, 0.29) is 18.3 Å². The summed E-state index contributed by atoms with van der Waals surface area (Å²) in [6.07, 6.45) is 1.38. The molecule has 0 fully saturated rings. The predicted octanol–water partition coefficient (Wildman–Crippen LogP) is 3.34. The Balaban J connectivity index is 2.03. The molecule has 8 nitrogen and oxygen atoms in total. The first-order valence-electron chi connectivity index (χ1n) is 12.1. The van der Waals surface area contributed by atoms with Gasteiger partial charge in [0.2, 0.25) is 0 Å². The molecular weight excluding hydrogens is 448 g/mol. The maximum absolute atomic E-state index is 13.7. The van der Waals surface area contributed by atoms with Crippen molar-refractivity contribution in [1.29, 1.82) is 0 Å². The van der Waals surface area contributed by atoms with Crippen molar-refractivity contribution < 1.29 is 28.6 Å². The first-order chi connectivity index (χ1) is 16.7. The van der Waals surface area contributed by atoms with E-state index in [2.05, 4.69) is 5.32 Å². The minimum Gasteiger partial charge on any atom is -0.468 e. The molecule has 3 rings (SSSR count). The highest BCUT2D eigenvalue weighted by molar-refractivity contribution is 6.12. The van der Waals surface area contributed by atoms with Gasteiger partial charge in [0, 0.05) is 49.3 Å². The van der Waals surface area contributed by atoms with Crippen LogP contribution in [0.25, 0.3) is 0 Å². The van der Waals surface area contributed by atoms with Crippen molar-refractivity contribution in [2.24, 2.45) is 11.8 Å². The standard InChI is InChI=1S/C27H36N2O6/c1-7-12-34-13-14-35-27(32)22-17(3)28-20-15-16(2)21(26(31)33-6)25(30)24(20)23(22)18-8-10-19(11-9-18)29(4)5/h8-11,16,21,23,28H,7,12-15H2,1-6H3/t16-,21-,23+/m1/s1. The fourth-order valence-electron chi connectivity index (χ4n) is 4.77. The zero-order valence-corrected chi connectivity index (χ0v) is 21.5. The van der Waals surface area contributed by atoms with Gasteiger partial charge in [-0.05, 0) is 43.4 Å². The lowest BCUT2D eigenvalue weighted by Gasteiger charge is -2.38. The lowest BCUT2D eigenvalue weighted by Crippen LogP contribution is -2.43. The fraction of sp³-hybridized carbons (Fsp3) is 0.519. The highest BCUT2D eigenvalue weighted by atomic mass is 16.6. The molecule has 1 aliphatic heterocycles.